The molecule has 0 spiro atoms. The molecule has 0 aromatic heterocycles. The van der Waals surface area contributed by atoms with Gasteiger partial charge < -0.3 is 34.5 Å². The number of phosphoric acid groups is 2. The fraction of sp³-hybridized carbons (Fsp3) is 0.400. The van der Waals surface area contributed by atoms with Gasteiger partial charge in [0.1, 0.15) is 5.75 Å². The summed E-state index contributed by atoms with van der Waals surface area (Å²) in [5, 5.41) is 9.45. The van der Waals surface area contributed by atoms with Gasteiger partial charge in [-0.3, -0.25) is 0 Å². The van der Waals surface area contributed by atoms with Crippen molar-refractivity contribution in [2.24, 2.45) is 0 Å². The summed E-state index contributed by atoms with van der Waals surface area (Å²) >= 11 is 0. The smallest absolute Gasteiger partial charge is 0.466 e. The molecule has 0 radical (unpaired) electrons. The lowest BCUT2D eigenvalue weighted by Gasteiger charge is -2.19. The third kappa shape index (κ3) is 21.7. The van der Waals surface area contributed by atoms with Gasteiger partial charge in [-0.05, 0) is 17.0 Å². The second-order valence-corrected chi connectivity index (χ2v) is 6.85. The minimum absolute atomic E-state index is 0.0331. The van der Waals surface area contributed by atoms with E-state index in [-0.39, 0.29) is 5.41 Å². The Bertz CT molecular complexity index is 475. The van der Waals surface area contributed by atoms with Crippen LogP contribution in [0.25, 0.3) is 0 Å². The monoisotopic (exact) mass is 346 g/mol. The van der Waals surface area contributed by atoms with E-state index in [0.29, 0.717) is 5.75 Å². The minimum Gasteiger partial charge on any atom is -0.508 e. The lowest BCUT2D eigenvalue weighted by Crippen LogP contribution is -2.10. The van der Waals surface area contributed by atoms with Crippen molar-refractivity contribution in [1.29, 1.82) is 0 Å². The summed E-state index contributed by atoms with van der Waals surface area (Å²) in [5.41, 5.74) is 1.03. The molecule has 0 atom stereocenters. The molecule has 11 heteroatoms. The molecule has 124 valence electrons. The van der Waals surface area contributed by atoms with Crippen LogP contribution in [-0.4, -0.2) is 34.5 Å². The van der Waals surface area contributed by atoms with Crippen LogP contribution >= 0.6 is 15.6 Å². The number of rotatable bonds is 0. The molecule has 0 bridgehead atoms. The van der Waals surface area contributed by atoms with Crippen molar-refractivity contribution in [2.45, 2.75) is 26.2 Å². The third-order valence-electron chi connectivity index (χ3n) is 1.71. The second kappa shape index (κ2) is 8.63. The Hall–Kier alpha value is -0.760. The summed E-state index contributed by atoms with van der Waals surface area (Å²) < 4.78 is 17.8. The zero-order chi connectivity index (χ0) is 17.5. The number of hydrogen-bond donors (Lipinski definition) is 7. The maximum atomic E-state index is 9.45. The summed E-state index contributed by atoms with van der Waals surface area (Å²) in [7, 11) is -9.28. The first-order valence-corrected chi connectivity index (χ1v) is 8.50. The van der Waals surface area contributed by atoms with Crippen molar-refractivity contribution in [3.05, 3.63) is 29.8 Å². The molecular formula is C10H20O9P2. The maximum absolute atomic E-state index is 9.45. The Morgan fingerprint density at radius 1 is 0.810 bits per heavy atom. The quantitative estimate of drug-likeness (QED) is 0.335. The molecular weight excluding hydrogens is 326 g/mol. The van der Waals surface area contributed by atoms with Gasteiger partial charge in [0.15, 0.2) is 0 Å². The Morgan fingerprint density at radius 3 is 1.29 bits per heavy atom. The molecule has 1 rings (SSSR count). The highest BCUT2D eigenvalue weighted by atomic mass is 31.2. The molecule has 0 aliphatic carbocycles. The van der Waals surface area contributed by atoms with Crippen LogP contribution in [0.1, 0.15) is 26.3 Å². The molecule has 0 saturated heterocycles. The predicted molar refractivity (Wildman–Crippen MR) is 75.3 cm³/mol. The van der Waals surface area contributed by atoms with Crippen LogP contribution in [0, 0.1) is 0 Å². The largest absolute Gasteiger partial charge is 0.508 e. The van der Waals surface area contributed by atoms with Crippen LogP contribution in [-0.2, 0) is 14.5 Å². The molecule has 0 heterocycles. The first-order chi connectivity index (χ1) is 9.02. The number of para-hydroxylation sites is 1. The van der Waals surface area contributed by atoms with E-state index in [1.165, 1.54) is 0 Å². The molecule has 0 unspecified atom stereocenters. The minimum atomic E-state index is -4.64. The van der Waals surface area contributed by atoms with Gasteiger partial charge in [-0.25, -0.2) is 9.13 Å². The van der Waals surface area contributed by atoms with Gasteiger partial charge in [-0.1, -0.05) is 39.0 Å². The highest BCUT2D eigenvalue weighted by Crippen LogP contribution is 2.29. The molecule has 1 aromatic rings. The molecule has 9 nitrogen and oxygen atoms in total. The molecule has 21 heavy (non-hydrogen) atoms. The summed E-state index contributed by atoms with van der Waals surface area (Å²) in [6.45, 7) is 6.26. The number of phenolic OH excluding ortho intramolecular Hbond substituents is 1. The fourth-order valence-corrected chi connectivity index (χ4v) is 1.11. The molecule has 0 fully saturated rings. The Morgan fingerprint density at radius 2 is 1.10 bits per heavy atom. The van der Waals surface area contributed by atoms with Gasteiger partial charge in [-0.2, -0.15) is 0 Å². The van der Waals surface area contributed by atoms with E-state index in [4.69, 9.17) is 38.5 Å². The van der Waals surface area contributed by atoms with Gasteiger partial charge >= 0.3 is 15.6 Å². The molecule has 0 saturated carbocycles. The zero-order valence-corrected chi connectivity index (χ0v) is 13.4. The Kier molecular flexibility index (Phi) is 9.25. The number of hydrogen-bond acceptors (Lipinski definition) is 3. The predicted octanol–water partition coefficient (Wildman–Crippen LogP) is 0.833. The zero-order valence-electron chi connectivity index (χ0n) is 11.7. The summed E-state index contributed by atoms with van der Waals surface area (Å²) in [5.74, 6) is 0.389. The van der Waals surface area contributed by atoms with Crippen molar-refractivity contribution in [1.82, 2.24) is 0 Å². The molecule has 0 aliphatic heterocycles. The van der Waals surface area contributed by atoms with Gasteiger partial charge in [0.25, 0.3) is 0 Å². The number of aromatic hydroxyl groups is 1. The van der Waals surface area contributed by atoms with E-state index in [9.17, 15) is 5.11 Å². The molecule has 1 aromatic carbocycles. The maximum Gasteiger partial charge on any atom is 0.466 e. The number of benzene rings is 1. The number of phenols is 1. The molecule has 0 amide bonds. The topological polar surface area (TPSA) is 176 Å². The van der Waals surface area contributed by atoms with Gasteiger partial charge in [0, 0.05) is 0 Å². The summed E-state index contributed by atoms with van der Waals surface area (Å²) in [6.07, 6.45) is 0. The first kappa shape index (κ1) is 22.5. The second-order valence-electron chi connectivity index (χ2n) is 4.79. The van der Waals surface area contributed by atoms with Crippen LogP contribution in [0.15, 0.2) is 24.3 Å². The third-order valence-corrected chi connectivity index (χ3v) is 1.71. The summed E-state index contributed by atoms with van der Waals surface area (Å²) in [6, 6.07) is 7.46. The van der Waals surface area contributed by atoms with Gasteiger partial charge in [-0.15, -0.1) is 0 Å². The average molecular weight is 346 g/mol. The summed E-state index contributed by atoms with van der Waals surface area (Å²) in [4.78, 5) is 43.1. The van der Waals surface area contributed by atoms with E-state index < -0.39 is 15.6 Å². The van der Waals surface area contributed by atoms with Crippen LogP contribution in [0.4, 0.5) is 0 Å². The highest BCUT2D eigenvalue weighted by molar-refractivity contribution is 7.45. The van der Waals surface area contributed by atoms with E-state index in [1.54, 1.807) is 6.07 Å². The van der Waals surface area contributed by atoms with Crippen LogP contribution in [0.2, 0.25) is 0 Å². The van der Waals surface area contributed by atoms with Crippen molar-refractivity contribution in [3.8, 4) is 5.75 Å². The fourth-order valence-electron chi connectivity index (χ4n) is 1.11. The van der Waals surface area contributed by atoms with Gasteiger partial charge in [0.2, 0.25) is 0 Å². The van der Waals surface area contributed by atoms with Crippen LogP contribution in [0.3, 0.4) is 0 Å². The Balaban J connectivity index is 0. The van der Waals surface area contributed by atoms with E-state index in [1.807, 2.05) is 18.2 Å². The molecule has 0 aliphatic rings. The SMILES string of the molecule is CC(C)(C)c1ccccc1O.O=P(O)(O)O.O=P(O)(O)O. The van der Waals surface area contributed by atoms with Crippen molar-refractivity contribution in [3.63, 3.8) is 0 Å². The van der Waals surface area contributed by atoms with E-state index in [2.05, 4.69) is 20.8 Å². The standard InChI is InChI=1S/C10H14O.2H3O4P/c1-10(2,3)8-6-4-5-7-9(8)11;2*1-5(2,3)4/h4-7,11H,1-3H3;2*(H3,1,2,3,4). The first-order valence-electron chi connectivity index (χ1n) is 5.37. The highest BCUT2D eigenvalue weighted by Gasteiger charge is 2.16. The van der Waals surface area contributed by atoms with Crippen LogP contribution < -0.4 is 0 Å². The van der Waals surface area contributed by atoms with Crippen molar-refractivity contribution >= 4 is 15.6 Å². The van der Waals surface area contributed by atoms with Crippen molar-refractivity contribution in [2.75, 3.05) is 0 Å². The molecule has 7 N–H and O–H groups in total. The van der Waals surface area contributed by atoms with Crippen LogP contribution in [0.5, 0.6) is 5.75 Å². The normalized spacial score (nSPS) is 11.7. The van der Waals surface area contributed by atoms with Crippen molar-refractivity contribution < 1.29 is 43.6 Å². The Labute approximate surface area is 122 Å². The average Bonchev–Trinajstić information content (AvgIpc) is 2.10. The van der Waals surface area contributed by atoms with E-state index >= 15 is 0 Å². The van der Waals surface area contributed by atoms with E-state index in [0.717, 1.165) is 5.56 Å². The van der Waals surface area contributed by atoms with Gasteiger partial charge in [0.05, 0.1) is 0 Å². The lowest BCUT2D eigenvalue weighted by molar-refractivity contribution is 0.272. The lowest BCUT2D eigenvalue weighted by atomic mass is 9.86.